The van der Waals surface area contributed by atoms with Crippen molar-refractivity contribution in [3.63, 3.8) is 0 Å². The summed E-state index contributed by atoms with van der Waals surface area (Å²) < 4.78 is 96.2. The van der Waals surface area contributed by atoms with Crippen LogP contribution < -0.4 is 10.5 Å². The van der Waals surface area contributed by atoms with Gasteiger partial charge < -0.3 is 5.73 Å². The van der Waals surface area contributed by atoms with Gasteiger partial charge >= 0.3 is 6.18 Å². The highest BCUT2D eigenvalue weighted by molar-refractivity contribution is 7.92. The van der Waals surface area contributed by atoms with Gasteiger partial charge in [-0.2, -0.15) is 13.2 Å². The molecule has 6 nitrogen and oxygen atoms in total. The lowest BCUT2D eigenvalue weighted by atomic mass is 10.0. The topological polar surface area (TPSA) is 98.0 Å². The SMILES string of the molecule is Nc1ncc2cc(-c3c(F)ccc(NS(=O)(=O)c4cc(Cl)cc(C(F)(F)F)c4)c3F)ccc2n1. The van der Waals surface area contributed by atoms with Gasteiger partial charge in [-0.05, 0) is 48.0 Å². The summed E-state index contributed by atoms with van der Waals surface area (Å²) >= 11 is 5.65. The zero-order valence-electron chi connectivity index (χ0n) is 16.7. The Morgan fingerprint density at radius 1 is 1.00 bits per heavy atom. The van der Waals surface area contributed by atoms with Gasteiger partial charge in [0.15, 0.2) is 5.82 Å². The summed E-state index contributed by atoms with van der Waals surface area (Å²) in [6.07, 6.45) is -3.52. The van der Waals surface area contributed by atoms with Crippen molar-refractivity contribution in [3.8, 4) is 11.1 Å². The quantitative estimate of drug-likeness (QED) is 0.344. The highest BCUT2D eigenvalue weighted by Gasteiger charge is 2.33. The van der Waals surface area contributed by atoms with Crippen LogP contribution in [0.15, 0.2) is 59.6 Å². The Labute approximate surface area is 194 Å². The van der Waals surface area contributed by atoms with Crippen LogP contribution in [0.25, 0.3) is 22.0 Å². The molecule has 0 bridgehead atoms. The monoisotopic (exact) mass is 514 g/mol. The third-order valence-electron chi connectivity index (χ3n) is 4.73. The number of alkyl halides is 3. The van der Waals surface area contributed by atoms with E-state index < -0.39 is 54.6 Å². The standard InChI is InChI=1S/C21H12ClF5N4O2S/c22-13-6-12(21(25,26)27)7-14(8-13)34(32,33)31-17-4-2-15(23)18(19(17)24)10-1-3-16-11(5-10)9-29-20(28)30-16/h1-9,31H,(H2,28,29,30). The lowest BCUT2D eigenvalue weighted by Gasteiger charge is -2.14. The van der Waals surface area contributed by atoms with Crippen LogP contribution in [-0.2, 0) is 16.2 Å². The molecule has 3 aromatic carbocycles. The van der Waals surface area contributed by atoms with Gasteiger partial charge in [0.1, 0.15) is 5.82 Å². The van der Waals surface area contributed by atoms with Gasteiger partial charge in [-0.25, -0.2) is 27.2 Å². The maximum atomic E-state index is 15.3. The van der Waals surface area contributed by atoms with E-state index >= 15 is 4.39 Å². The highest BCUT2D eigenvalue weighted by Crippen LogP contribution is 2.35. The van der Waals surface area contributed by atoms with Gasteiger partial charge in [0.25, 0.3) is 10.0 Å². The first-order valence-corrected chi connectivity index (χ1v) is 11.1. The molecule has 0 amide bonds. The first kappa shape index (κ1) is 23.6. The molecular weight excluding hydrogens is 503 g/mol. The second-order valence-electron chi connectivity index (χ2n) is 7.06. The Balaban J connectivity index is 1.77. The fourth-order valence-corrected chi connectivity index (χ4v) is 4.61. The average molecular weight is 515 g/mol. The minimum atomic E-state index is -4.87. The fraction of sp³-hybridized carbons (Fsp3) is 0.0476. The second kappa shape index (κ2) is 8.37. The summed E-state index contributed by atoms with van der Waals surface area (Å²) in [4.78, 5) is 6.95. The van der Waals surface area contributed by atoms with E-state index in [0.29, 0.717) is 23.0 Å². The van der Waals surface area contributed by atoms with Crippen LogP contribution >= 0.6 is 11.6 Å². The smallest absolute Gasteiger partial charge is 0.368 e. The summed E-state index contributed by atoms with van der Waals surface area (Å²) in [5, 5.41) is -0.0791. The second-order valence-corrected chi connectivity index (χ2v) is 9.18. The molecule has 0 spiro atoms. The minimum Gasteiger partial charge on any atom is -0.368 e. The molecule has 0 atom stereocenters. The molecule has 1 aromatic heterocycles. The van der Waals surface area contributed by atoms with Crippen molar-refractivity contribution < 1.29 is 30.4 Å². The Morgan fingerprint density at radius 3 is 2.44 bits per heavy atom. The van der Waals surface area contributed by atoms with Crippen molar-refractivity contribution in [2.45, 2.75) is 11.1 Å². The Hall–Kier alpha value is -3.51. The van der Waals surface area contributed by atoms with E-state index in [1.165, 1.54) is 24.4 Å². The first-order valence-electron chi connectivity index (χ1n) is 9.26. The maximum absolute atomic E-state index is 15.3. The zero-order valence-corrected chi connectivity index (χ0v) is 18.2. The highest BCUT2D eigenvalue weighted by atomic mass is 35.5. The van der Waals surface area contributed by atoms with Crippen molar-refractivity contribution in [2.75, 3.05) is 10.5 Å². The number of anilines is 2. The van der Waals surface area contributed by atoms with E-state index in [1.54, 1.807) is 0 Å². The third kappa shape index (κ3) is 4.59. The number of hydrogen-bond donors (Lipinski definition) is 2. The molecule has 34 heavy (non-hydrogen) atoms. The average Bonchev–Trinajstić information content (AvgIpc) is 2.75. The predicted octanol–water partition coefficient (Wildman–Crippen LogP) is 5.63. The molecule has 4 rings (SSSR count). The maximum Gasteiger partial charge on any atom is 0.416 e. The van der Waals surface area contributed by atoms with Crippen molar-refractivity contribution in [1.29, 1.82) is 0 Å². The van der Waals surface area contributed by atoms with Crippen LogP contribution in [0.5, 0.6) is 0 Å². The number of hydrogen-bond acceptors (Lipinski definition) is 5. The first-order chi connectivity index (χ1) is 15.8. The van der Waals surface area contributed by atoms with Crippen LogP contribution in [0.4, 0.5) is 33.6 Å². The lowest BCUT2D eigenvalue weighted by Crippen LogP contribution is -2.16. The third-order valence-corrected chi connectivity index (χ3v) is 6.29. The number of nitrogens with one attached hydrogen (secondary N) is 1. The number of nitrogens with two attached hydrogens (primary N) is 1. The van der Waals surface area contributed by atoms with Gasteiger partial charge in [-0.15, -0.1) is 0 Å². The summed E-state index contributed by atoms with van der Waals surface area (Å²) in [5.41, 5.74) is 3.41. The molecule has 0 unspecified atom stereocenters. The van der Waals surface area contributed by atoms with Crippen LogP contribution in [0.2, 0.25) is 5.02 Å². The van der Waals surface area contributed by atoms with Crippen molar-refractivity contribution in [2.24, 2.45) is 0 Å². The molecule has 4 aromatic rings. The Kier molecular flexibility index (Phi) is 5.82. The predicted molar refractivity (Wildman–Crippen MR) is 117 cm³/mol. The largest absolute Gasteiger partial charge is 0.416 e. The minimum absolute atomic E-state index is 0.00344. The number of nitrogens with zero attached hydrogens (tertiary/aromatic N) is 2. The summed E-state index contributed by atoms with van der Waals surface area (Å²) in [6.45, 7) is 0. The van der Waals surface area contributed by atoms with E-state index in [1.807, 2.05) is 4.72 Å². The summed E-state index contributed by atoms with van der Waals surface area (Å²) in [7, 11) is -4.72. The van der Waals surface area contributed by atoms with E-state index in [4.69, 9.17) is 17.3 Å². The molecule has 13 heteroatoms. The van der Waals surface area contributed by atoms with Gasteiger partial charge in [0.05, 0.1) is 27.2 Å². The molecule has 0 saturated carbocycles. The molecule has 0 aliphatic carbocycles. The number of halogens is 6. The summed E-state index contributed by atoms with van der Waals surface area (Å²) in [5.74, 6) is -2.28. The van der Waals surface area contributed by atoms with Crippen LogP contribution in [0, 0.1) is 11.6 Å². The molecule has 0 radical (unpaired) electrons. The molecule has 0 aliphatic rings. The molecule has 176 valence electrons. The van der Waals surface area contributed by atoms with Crippen LogP contribution in [-0.4, -0.2) is 18.4 Å². The van der Waals surface area contributed by atoms with Gasteiger partial charge in [-0.1, -0.05) is 17.7 Å². The van der Waals surface area contributed by atoms with Crippen molar-refractivity contribution in [3.05, 3.63) is 76.9 Å². The van der Waals surface area contributed by atoms with E-state index in [0.717, 1.165) is 18.2 Å². The number of sulfonamides is 1. The number of fused-ring (bicyclic) bond motifs is 1. The molecular formula is C21H12ClF5N4O2S. The molecule has 3 N–H and O–H groups in total. The fourth-order valence-electron chi connectivity index (χ4n) is 3.18. The van der Waals surface area contributed by atoms with Crippen molar-refractivity contribution in [1.82, 2.24) is 9.97 Å². The number of aromatic nitrogens is 2. The normalized spacial score (nSPS) is 12.2. The van der Waals surface area contributed by atoms with Gasteiger partial charge in [0.2, 0.25) is 5.95 Å². The van der Waals surface area contributed by atoms with E-state index in [2.05, 4.69) is 9.97 Å². The number of rotatable bonds is 4. The number of benzene rings is 3. The Morgan fingerprint density at radius 2 is 1.74 bits per heavy atom. The van der Waals surface area contributed by atoms with Gasteiger partial charge in [-0.3, -0.25) is 4.72 Å². The number of nitrogen functional groups attached to an aromatic ring is 1. The molecule has 0 aliphatic heterocycles. The van der Waals surface area contributed by atoms with E-state index in [-0.39, 0.29) is 11.5 Å². The Bertz CT molecular complexity index is 1540. The van der Waals surface area contributed by atoms with E-state index in [9.17, 15) is 26.0 Å². The van der Waals surface area contributed by atoms with Gasteiger partial charge in [0, 0.05) is 16.6 Å². The zero-order chi connectivity index (χ0) is 24.8. The van der Waals surface area contributed by atoms with Crippen molar-refractivity contribution >= 4 is 44.2 Å². The summed E-state index contributed by atoms with van der Waals surface area (Å²) in [6, 6.07) is 7.48. The lowest BCUT2D eigenvalue weighted by molar-refractivity contribution is -0.137. The van der Waals surface area contributed by atoms with Crippen LogP contribution in [0.1, 0.15) is 5.56 Å². The van der Waals surface area contributed by atoms with Crippen LogP contribution in [0.3, 0.4) is 0 Å². The molecule has 0 saturated heterocycles. The molecule has 1 heterocycles. The molecule has 0 fully saturated rings.